The number of amides is 1. The van der Waals surface area contributed by atoms with Gasteiger partial charge in [0.15, 0.2) is 0 Å². The van der Waals surface area contributed by atoms with Gasteiger partial charge in [0, 0.05) is 16.3 Å². The summed E-state index contributed by atoms with van der Waals surface area (Å²) in [5.41, 5.74) is 3.38. The van der Waals surface area contributed by atoms with Gasteiger partial charge in [-0.15, -0.1) is 0 Å². The first-order valence-corrected chi connectivity index (χ1v) is 12.3. The molecule has 1 unspecified atom stereocenters. The summed E-state index contributed by atoms with van der Waals surface area (Å²) >= 11 is 6.08. The van der Waals surface area contributed by atoms with Gasteiger partial charge < -0.3 is 9.84 Å². The first-order chi connectivity index (χ1) is 17.0. The number of hydrogen-bond acceptors (Lipinski definition) is 4. The molecular weight excluding hydrogens is 474 g/mol. The van der Waals surface area contributed by atoms with Gasteiger partial charge in [0.25, 0.3) is 11.7 Å². The van der Waals surface area contributed by atoms with Gasteiger partial charge in [-0.3, -0.25) is 14.5 Å². The van der Waals surface area contributed by atoms with Gasteiger partial charge in [0.1, 0.15) is 11.5 Å². The van der Waals surface area contributed by atoms with Crippen LogP contribution in [0.1, 0.15) is 56.0 Å². The Hall–Kier alpha value is -3.57. The Kier molecular flexibility index (Phi) is 6.96. The molecule has 1 heterocycles. The number of hydrogen-bond donors (Lipinski definition) is 1. The fraction of sp³-hybridized carbons (Fsp3) is 0.267. The summed E-state index contributed by atoms with van der Waals surface area (Å²) in [5, 5.41) is 12.1. The van der Waals surface area contributed by atoms with E-state index >= 15 is 0 Å². The maximum absolute atomic E-state index is 13.5. The second-order valence-electron chi connectivity index (χ2n) is 9.93. The van der Waals surface area contributed by atoms with E-state index in [0.29, 0.717) is 34.2 Å². The van der Waals surface area contributed by atoms with Crippen molar-refractivity contribution in [3.8, 4) is 5.75 Å². The van der Waals surface area contributed by atoms with Gasteiger partial charge in [-0.25, -0.2) is 0 Å². The van der Waals surface area contributed by atoms with Crippen molar-refractivity contribution in [3.63, 3.8) is 0 Å². The normalized spacial score (nSPS) is 17.5. The number of aliphatic hydroxyl groups is 1. The van der Waals surface area contributed by atoms with Crippen molar-refractivity contribution in [2.45, 2.75) is 46.1 Å². The number of ether oxygens (including phenoxy) is 1. The maximum atomic E-state index is 13.5. The Morgan fingerprint density at radius 1 is 1.03 bits per heavy atom. The SMILES string of the molecule is CCOc1cccc(C2/C(=C(\O)c3cc(C(C)(C)C)ccc3C)C(=O)C(=O)N2c2ccc(Cl)cc2)c1. The van der Waals surface area contributed by atoms with E-state index in [1.807, 2.05) is 50.2 Å². The quantitative estimate of drug-likeness (QED) is 0.232. The highest BCUT2D eigenvalue weighted by molar-refractivity contribution is 6.51. The van der Waals surface area contributed by atoms with Crippen LogP contribution in [0.5, 0.6) is 5.75 Å². The van der Waals surface area contributed by atoms with E-state index in [4.69, 9.17) is 16.3 Å². The third-order valence-corrected chi connectivity index (χ3v) is 6.64. The average Bonchev–Trinajstić information content (AvgIpc) is 3.10. The van der Waals surface area contributed by atoms with Crippen LogP contribution in [0, 0.1) is 6.92 Å². The Morgan fingerprint density at radius 2 is 1.72 bits per heavy atom. The standard InChI is InChI=1S/C30H30ClNO4/c1-6-36-23-9-7-8-19(16-23)26-25(27(33)24-17-20(30(3,4)5)11-10-18(24)2)28(34)29(35)32(26)22-14-12-21(31)13-15-22/h7-17,26,33H,6H2,1-5H3/b27-25+. The second-order valence-corrected chi connectivity index (χ2v) is 10.4. The second kappa shape index (κ2) is 9.82. The molecule has 6 heteroatoms. The fourth-order valence-electron chi connectivity index (χ4n) is 4.45. The average molecular weight is 504 g/mol. The molecule has 0 saturated carbocycles. The van der Waals surface area contributed by atoms with Crippen molar-refractivity contribution in [2.24, 2.45) is 0 Å². The van der Waals surface area contributed by atoms with E-state index in [-0.39, 0.29) is 16.7 Å². The minimum Gasteiger partial charge on any atom is -0.507 e. The van der Waals surface area contributed by atoms with Crippen LogP contribution < -0.4 is 9.64 Å². The molecule has 0 bridgehead atoms. The largest absolute Gasteiger partial charge is 0.507 e. The van der Waals surface area contributed by atoms with Crippen molar-refractivity contribution in [1.29, 1.82) is 0 Å². The van der Waals surface area contributed by atoms with Crippen LogP contribution in [0.2, 0.25) is 5.02 Å². The molecule has 4 rings (SSSR count). The van der Waals surface area contributed by atoms with Crippen molar-refractivity contribution < 1.29 is 19.4 Å². The molecule has 3 aromatic rings. The molecule has 1 N–H and O–H groups in total. The predicted octanol–water partition coefficient (Wildman–Crippen LogP) is 6.97. The highest BCUT2D eigenvalue weighted by atomic mass is 35.5. The minimum atomic E-state index is -0.843. The zero-order valence-corrected chi connectivity index (χ0v) is 21.9. The number of benzene rings is 3. The van der Waals surface area contributed by atoms with Gasteiger partial charge in [0.05, 0.1) is 18.2 Å². The molecule has 186 valence electrons. The number of anilines is 1. The fourth-order valence-corrected chi connectivity index (χ4v) is 4.57. The number of aliphatic hydroxyl groups excluding tert-OH is 1. The number of rotatable bonds is 5. The smallest absolute Gasteiger partial charge is 0.300 e. The number of halogens is 1. The minimum absolute atomic E-state index is 0.0396. The van der Waals surface area contributed by atoms with Crippen LogP contribution in [-0.2, 0) is 15.0 Å². The lowest BCUT2D eigenvalue weighted by atomic mass is 9.84. The highest BCUT2D eigenvalue weighted by Crippen LogP contribution is 2.43. The number of aryl methyl sites for hydroxylation is 1. The van der Waals surface area contributed by atoms with Crippen LogP contribution in [-0.4, -0.2) is 23.4 Å². The summed E-state index contributed by atoms with van der Waals surface area (Å²) in [6, 6.07) is 19.0. The molecule has 1 saturated heterocycles. The van der Waals surface area contributed by atoms with E-state index in [9.17, 15) is 14.7 Å². The maximum Gasteiger partial charge on any atom is 0.300 e. The van der Waals surface area contributed by atoms with Gasteiger partial charge in [-0.05, 0) is 78.4 Å². The molecule has 1 fully saturated rings. The number of Topliss-reactive ketones (excluding diaryl/α,β-unsaturated/α-hetero) is 1. The summed E-state index contributed by atoms with van der Waals surface area (Å²) in [6.45, 7) is 10.5. The van der Waals surface area contributed by atoms with Crippen LogP contribution in [0.4, 0.5) is 5.69 Å². The third kappa shape index (κ3) is 4.76. The van der Waals surface area contributed by atoms with Gasteiger partial charge >= 0.3 is 0 Å². The summed E-state index contributed by atoms with van der Waals surface area (Å²) in [7, 11) is 0. The lowest BCUT2D eigenvalue weighted by Crippen LogP contribution is -2.29. The highest BCUT2D eigenvalue weighted by Gasteiger charge is 2.47. The summed E-state index contributed by atoms with van der Waals surface area (Å²) < 4.78 is 5.68. The third-order valence-electron chi connectivity index (χ3n) is 6.39. The molecule has 0 aliphatic carbocycles. The lowest BCUT2D eigenvalue weighted by molar-refractivity contribution is -0.132. The first kappa shape index (κ1) is 25.5. The van der Waals surface area contributed by atoms with Crippen molar-refractivity contribution >= 4 is 34.7 Å². The van der Waals surface area contributed by atoms with Crippen molar-refractivity contribution in [3.05, 3.63) is 99.6 Å². The van der Waals surface area contributed by atoms with Crippen LogP contribution in [0.3, 0.4) is 0 Å². The van der Waals surface area contributed by atoms with Gasteiger partial charge in [0.2, 0.25) is 0 Å². The topological polar surface area (TPSA) is 66.8 Å². The Labute approximate surface area is 217 Å². The van der Waals surface area contributed by atoms with Crippen LogP contribution in [0.15, 0.2) is 72.3 Å². The molecule has 1 atom stereocenters. The van der Waals surface area contributed by atoms with E-state index in [1.54, 1.807) is 30.3 Å². The molecule has 5 nitrogen and oxygen atoms in total. The number of carbonyl (C=O) groups excluding carboxylic acids is 2. The Balaban J connectivity index is 1.97. The lowest BCUT2D eigenvalue weighted by Gasteiger charge is -2.26. The zero-order valence-electron chi connectivity index (χ0n) is 21.1. The van der Waals surface area contributed by atoms with E-state index < -0.39 is 17.7 Å². The molecule has 1 aliphatic rings. The number of nitrogens with zero attached hydrogens (tertiary/aromatic N) is 1. The Morgan fingerprint density at radius 3 is 2.36 bits per heavy atom. The van der Waals surface area contributed by atoms with Crippen molar-refractivity contribution in [2.75, 3.05) is 11.5 Å². The molecule has 1 aliphatic heterocycles. The first-order valence-electron chi connectivity index (χ1n) is 11.9. The van der Waals surface area contributed by atoms with Gasteiger partial charge in [-0.2, -0.15) is 0 Å². The molecule has 36 heavy (non-hydrogen) atoms. The summed E-state index contributed by atoms with van der Waals surface area (Å²) in [6.07, 6.45) is 0. The summed E-state index contributed by atoms with van der Waals surface area (Å²) in [5.74, 6) is -1.03. The molecule has 1 amide bonds. The monoisotopic (exact) mass is 503 g/mol. The summed E-state index contributed by atoms with van der Waals surface area (Å²) in [4.78, 5) is 28.3. The molecule has 0 spiro atoms. The molecule has 3 aromatic carbocycles. The Bertz CT molecular complexity index is 1350. The zero-order chi connectivity index (χ0) is 26.2. The molecular formula is C30H30ClNO4. The van der Waals surface area contributed by atoms with Crippen LogP contribution >= 0.6 is 11.6 Å². The van der Waals surface area contributed by atoms with Gasteiger partial charge in [-0.1, -0.05) is 56.6 Å². The predicted molar refractivity (Wildman–Crippen MR) is 144 cm³/mol. The number of carbonyl (C=O) groups is 2. The van der Waals surface area contributed by atoms with E-state index in [1.165, 1.54) is 4.90 Å². The van der Waals surface area contributed by atoms with E-state index in [0.717, 1.165) is 11.1 Å². The van der Waals surface area contributed by atoms with Crippen molar-refractivity contribution in [1.82, 2.24) is 0 Å². The molecule has 0 aromatic heterocycles. The van der Waals surface area contributed by atoms with Crippen LogP contribution in [0.25, 0.3) is 5.76 Å². The number of ketones is 1. The molecule has 0 radical (unpaired) electrons. The van der Waals surface area contributed by atoms with E-state index in [2.05, 4.69) is 20.8 Å².